The first-order valence-corrected chi connectivity index (χ1v) is 12.1. The molecule has 5 aliphatic rings. The van der Waals surface area contributed by atoms with E-state index in [9.17, 15) is 9.59 Å². The highest BCUT2D eigenvalue weighted by Crippen LogP contribution is 2.58. The topological polar surface area (TPSA) is 89.6 Å². The fraction of sp³-hybridized carbons (Fsp3) is 0.708. The Labute approximate surface area is 190 Å². The highest BCUT2D eigenvalue weighted by molar-refractivity contribution is 6.01. The van der Waals surface area contributed by atoms with Crippen molar-refractivity contribution in [1.29, 1.82) is 0 Å². The van der Waals surface area contributed by atoms with Crippen molar-refractivity contribution in [1.82, 2.24) is 25.4 Å². The molecule has 6 rings (SSSR count). The maximum Gasteiger partial charge on any atom is 0.256 e. The number of rotatable bonds is 5. The van der Waals surface area contributed by atoms with Gasteiger partial charge in [0.1, 0.15) is 11.5 Å². The lowest BCUT2D eigenvalue weighted by Crippen LogP contribution is -2.70. The van der Waals surface area contributed by atoms with Crippen molar-refractivity contribution in [2.45, 2.75) is 44.7 Å². The number of nitrogens with zero attached hydrogens (tertiary/aromatic N) is 3. The number of hydrogen-bond acceptors (Lipinski definition) is 6. The molecule has 2 amide bonds. The first kappa shape index (κ1) is 21.6. The Bertz CT molecular complexity index is 885. The molecule has 3 aliphatic carbocycles. The van der Waals surface area contributed by atoms with Gasteiger partial charge in [0, 0.05) is 50.8 Å². The molecule has 174 valence electrons. The van der Waals surface area contributed by atoms with E-state index in [1.54, 1.807) is 18.3 Å². The van der Waals surface area contributed by atoms with E-state index in [4.69, 9.17) is 0 Å². The van der Waals surface area contributed by atoms with Crippen LogP contribution in [0.5, 0.6) is 0 Å². The van der Waals surface area contributed by atoms with Crippen LogP contribution in [-0.4, -0.2) is 78.6 Å². The predicted molar refractivity (Wildman–Crippen MR) is 123 cm³/mol. The molecule has 32 heavy (non-hydrogen) atoms. The average Bonchev–Trinajstić information content (AvgIpc) is 2.77. The highest BCUT2D eigenvalue weighted by Gasteiger charge is 2.60. The van der Waals surface area contributed by atoms with Crippen LogP contribution in [0.4, 0.5) is 5.82 Å². The molecule has 0 radical (unpaired) electrons. The smallest absolute Gasteiger partial charge is 0.256 e. The first-order valence-electron chi connectivity index (χ1n) is 12.1. The molecule has 1 spiro atoms. The van der Waals surface area contributed by atoms with E-state index in [0.717, 1.165) is 71.4 Å². The number of pyridine rings is 1. The van der Waals surface area contributed by atoms with E-state index in [-0.39, 0.29) is 29.1 Å². The largest absolute Gasteiger partial charge is 0.356 e. The minimum absolute atomic E-state index is 0.000609. The Kier molecular flexibility index (Phi) is 5.61. The van der Waals surface area contributed by atoms with Gasteiger partial charge in [-0.2, -0.15) is 0 Å². The quantitative estimate of drug-likeness (QED) is 0.602. The van der Waals surface area contributed by atoms with Gasteiger partial charge in [-0.1, -0.05) is 6.92 Å². The van der Waals surface area contributed by atoms with Gasteiger partial charge in [-0.15, -0.1) is 0 Å². The van der Waals surface area contributed by atoms with Crippen LogP contribution < -0.4 is 16.0 Å². The number of fused-ring (bicyclic) bond motifs is 3. The van der Waals surface area contributed by atoms with Gasteiger partial charge in [0.2, 0.25) is 5.91 Å². The fourth-order valence-electron chi connectivity index (χ4n) is 6.43. The van der Waals surface area contributed by atoms with Crippen LogP contribution in [-0.2, 0) is 4.79 Å². The molecule has 0 aromatic carbocycles. The predicted octanol–water partition coefficient (Wildman–Crippen LogP) is 1.51. The van der Waals surface area contributed by atoms with Gasteiger partial charge < -0.3 is 25.8 Å². The minimum atomic E-state index is -0.496. The van der Waals surface area contributed by atoms with E-state index >= 15 is 0 Å². The lowest BCUT2D eigenvalue weighted by molar-refractivity contribution is -0.139. The van der Waals surface area contributed by atoms with Crippen LogP contribution in [0.25, 0.3) is 0 Å². The molecule has 1 aromatic rings. The zero-order chi connectivity index (χ0) is 22.3. The molecular formula is C24H36N6O2. The molecule has 4 atom stereocenters. The number of aromatic nitrogens is 1. The Morgan fingerprint density at radius 2 is 2.09 bits per heavy atom. The molecule has 8 nitrogen and oxygen atoms in total. The molecular weight excluding hydrogens is 404 g/mol. The fourth-order valence-corrected chi connectivity index (χ4v) is 6.43. The van der Waals surface area contributed by atoms with Gasteiger partial charge in [0.25, 0.3) is 5.91 Å². The lowest BCUT2D eigenvalue weighted by Gasteiger charge is -2.60. The standard InChI is InChI=1S/C24H36N6O2/c1-23-7-6-17(24(16-23)27-20-18(21(31)28-24)5-3-8-25-20)15-19(23)22(32)26-9-4-10-30-13-11-29(2)12-14-30/h3,5,8,17,19H,4,6-7,9-16H2,1-2H3,(H,25,27)(H,26,32)(H,28,31)/t17-,19-,23+,24+/m1/s1. The van der Waals surface area contributed by atoms with Crippen LogP contribution in [0.15, 0.2) is 18.3 Å². The lowest BCUT2D eigenvalue weighted by atomic mass is 9.51. The molecule has 3 heterocycles. The summed E-state index contributed by atoms with van der Waals surface area (Å²) in [5.74, 6) is 1.01. The van der Waals surface area contributed by atoms with Crippen LogP contribution >= 0.6 is 0 Å². The SMILES string of the molecule is CN1CCN(CCCNC(=O)[C@H]2C[C@H]3CC[C@@]2(C)C[C@]32NC(=O)c3cccnc3N2)CC1. The number of nitrogens with one attached hydrogen (secondary N) is 3. The van der Waals surface area contributed by atoms with E-state index in [1.807, 2.05) is 0 Å². The Morgan fingerprint density at radius 1 is 1.28 bits per heavy atom. The van der Waals surface area contributed by atoms with Gasteiger partial charge in [0.15, 0.2) is 0 Å². The van der Waals surface area contributed by atoms with Crippen molar-refractivity contribution in [2.75, 3.05) is 51.6 Å². The first-order chi connectivity index (χ1) is 15.4. The summed E-state index contributed by atoms with van der Waals surface area (Å²) in [4.78, 5) is 35.2. The summed E-state index contributed by atoms with van der Waals surface area (Å²) in [7, 11) is 2.17. The molecule has 0 unspecified atom stereocenters. The summed E-state index contributed by atoms with van der Waals surface area (Å²) in [6.45, 7) is 8.49. The zero-order valence-corrected chi connectivity index (χ0v) is 19.3. The van der Waals surface area contributed by atoms with Gasteiger partial charge >= 0.3 is 0 Å². The van der Waals surface area contributed by atoms with Gasteiger partial charge in [-0.25, -0.2) is 4.98 Å². The van der Waals surface area contributed by atoms with Crippen molar-refractivity contribution in [3.05, 3.63) is 23.9 Å². The van der Waals surface area contributed by atoms with Gasteiger partial charge in [-0.05, 0) is 63.2 Å². The van der Waals surface area contributed by atoms with Crippen LogP contribution in [0.2, 0.25) is 0 Å². The number of anilines is 1. The summed E-state index contributed by atoms with van der Waals surface area (Å²) in [5.41, 5.74) is -0.0358. The van der Waals surface area contributed by atoms with Crippen molar-refractivity contribution >= 4 is 17.6 Å². The zero-order valence-electron chi connectivity index (χ0n) is 19.3. The summed E-state index contributed by atoms with van der Waals surface area (Å²) in [6, 6.07) is 3.59. The second-order valence-electron chi connectivity index (χ2n) is 10.6. The number of piperazine rings is 1. The van der Waals surface area contributed by atoms with Crippen LogP contribution in [0.1, 0.15) is 49.4 Å². The molecule has 3 N–H and O–H groups in total. The Morgan fingerprint density at radius 3 is 2.88 bits per heavy atom. The molecule has 2 bridgehead atoms. The maximum atomic E-state index is 13.2. The normalized spacial score (nSPS) is 34.6. The van der Waals surface area contributed by atoms with E-state index in [2.05, 4.69) is 44.7 Å². The molecule has 1 saturated heterocycles. The summed E-state index contributed by atoms with van der Waals surface area (Å²) >= 11 is 0. The number of carbonyl (C=O) groups is 2. The minimum Gasteiger partial charge on any atom is -0.356 e. The third-order valence-corrected chi connectivity index (χ3v) is 8.40. The molecule has 8 heteroatoms. The number of likely N-dealkylation sites (N-methyl/N-ethyl adjacent to an activating group) is 1. The number of amides is 2. The van der Waals surface area contributed by atoms with Gasteiger partial charge in [-0.3, -0.25) is 9.59 Å². The average molecular weight is 441 g/mol. The monoisotopic (exact) mass is 440 g/mol. The third kappa shape index (κ3) is 3.88. The van der Waals surface area contributed by atoms with E-state index in [0.29, 0.717) is 11.4 Å². The van der Waals surface area contributed by atoms with E-state index < -0.39 is 5.66 Å². The second-order valence-corrected chi connectivity index (χ2v) is 10.6. The highest BCUT2D eigenvalue weighted by atomic mass is 16.2. The van der Waals surface area contributed by atoms with Crippen molar-refractivity contribution in [3.63, 3.8) is 0 Å². The Balaban J connectivity index is 1.19. The van der Waals surface area contributed by atoms with Gasteiger partial charge in [0.05, 0.1) is 5.56 Å². The van der Waals surface area contributed by atoms with Crippen molar-refractivity contribution in [3.8, 4) is 0 Å². The summed E-state index contributed by atoms with van der Waals surface area (Å²) in [6.07, 6.45) is 6.30. The van der Waals surface area contributed by atoms with Crippen LogP contribution in [0.3, 0.4) is 0 Å². The molecule has 1 aromatic heterocycles. The second kappa shape index (κ2) is 8.30. The number of hydrogen-bond donors (Lipinski definition) is 3. The Hall–Kier alpha value is -2.19. The summed E-state index contributed by atoms with van der Waals surface area (Å²) in [5, 5.41) is 10.1. The van der Waals surface area contributed by atoms with E-state index in [1.165, 1.54) is 0 Å². The third-order valence-electron chi connectivity index (χ3n) is 8.40. The van der Waals surface area contributed by atoms with Crippen molar-refractivity contribution in [2.24, 2.45) is 17.3 Å². The number of carbonyl (C=O) groups excluding carboxylic acids is 2. The molecule has 2 aliphatic heterocycles. The molecule has 4 fully saturated rings. The van der Waals surface area contributed by atoms with Crippen molar-refractivity contribution < 1.29 is 9.59 Å². The molecule has 3 saturated carbocycles. The summed E-state index contributed by atoms with van der Waals surface area (Å²) < 4.78 is 0. The maximum absolute atomic E-state index is 13.2. The van der Waals surface area contributed by atoms with Crippen LogP contribution in [0, 0.1) is 17.3 Å².